The van der Waals surface area contributed by atoms with Crippen LogP contribution in [0.1, 0.15) is 18.7 Å². The molecule has 1 saturated heterocycles. The number of thiophene rings is 1. The van der Waals surface area contributed by atoms with Gasteiger partial charge in [0, 0.05) is 11.4 Å². The largest absolute Gasteiger partial charge is 0.368 e. The van der Waals surface area contributed by atoms with Crippen LogP contribution in [0.15, 0.2) is 36.4 Å². The lowest BCUT2D eigenvalue weighted by Crippen LogP contribution is -2.40. The zero-order valence-corrected chi connectivity index (χ0v) is 14.2. The van der Waals surface area contributed by atoms with E-state index in [-0.39, 0.29) is 11.9 Å². The fourth-order valence-electron chi connectivity index (χ4n) is 3.29. The maximum Gasteiger partial charge on any atom is 0.240 e. The van der Waals surface area contributed by atoms with Crippen molar-refractivity contribution in [2.75, 3.05) is 11.4 Å². The molecule has 2 aromatic heterocycles. The van der Waals surface area contributed by atoms with Crippen LogP contribution in [0.4, 0.5) is 5.82 Å². The van der Waals surface area contributed by atoms with E-state index in [0.717, 1.165) is 45.9 Å². The van der Waals surface area contributed by atoms with Crippen molar-refractivity contribution in [3.63, 3.8) is 0 Å². The van der Waals surface area contributed by atoms with E-state index >= 15 is 0 Å². The lowest BCUT2D eigenvalue weighted by molar-refractivity contribution is -0.119. The normalized spacial score (nSPS) is 17.5. The van der Waals surface area contributed by atoms with Gasteiger partial charge in [0.1, 0.15) is 22.5 Å². The number of hydrogen-bond donors (Lipinski definition) is 1. The highest BCUT2D eigenvalue weighted by atomic mass is 32.1. The highest BCUT2D eigenvalue weighted by Gasteiger charge is 2.31. The van der Waals surface area contributed by atoms with Gasteiger partial charge in [-0.1, -0.05) is 30.3 Å². The van der Waals surface area contributed by atoms with Crippen LogP contribution >= 0.6 is 11.3 Å². The number of fused-ring (bicyclic) bond motifs is 1. The molecule has 5 nitrogen and oxygen atoms in total. The first kappa shape index (κ1) is 15.1. The molecule has 24 heavy (non-hydrogen) atoms. The summed E-state index contributed by atoms with van der Waals surface area (Å²) in [6.07, 6.45) is 1.74. The second kappa shape index (κ2) is 5.87. The summed E-state index contributed by atoms with van der Waals surface area (Å²) in [5, 5.41) is 0.998. The number of aryl methyl sites for hydroxylation is 1. The van der Waals surface area contributed by atoms with E-state index in [1.54, 1.807) is 11.3 Å². The first-order valence-corrected chi connectivity index (χ1v) is 8.84. The van der Waals surface area contributed by atoms with Crippen molar-refractivity contribution in [3.8, 4) is 10.4 Å². The fourth-order valence-corrected chi connectivity index (χ4v) is 4.37. The Morgan fingerprint density at radius 3 is 2.83 bits per heavy atom. The third-order valence-corrected chi connectivity index (χ3v) is 5.47. The van der Waals surface area contributed by atoms with Gasteiger partial charge < -0.3 is 10.6 Å². The molecule has 0 bridgehead atoms. The van der Waals surface area contributed by atoms with Crippen LogP contribution in [0.2, 0.25) is 0 Å². The van der Waals surface area contributed by atoms with Gasteiger partial charge >= 0.3 is 0 Å². The van der Waals surface area contributed by atoms with E-state index < -0.39 is 0 Å². The van der Waals surface area contributed by atoms with Crippen molar-refractivity contribution >= 4 is 33.3 Å². The summed E-state index contributed by atoms with van der Waals surface area (Å²) >= 11 is 1.65. The van der Waals surface area contributed by atoms with Gasteiger partial charge in [-0.3, -0.25) is 4.79 Å². The molecule has 0 radical (unpaired) electrons. The Kier molecular flexibility index (Phi) is 3.69. The summed E-state index contributed by atoms with van der Waals surface area (Å²) in [5.74, 6) is 1.27. The summed E-state index contributed by atoms with van der Waals surface area (Å²) in [6, 6.07) is 12.1. The van der Waals surface area contributed by atoms with Crippen molar-refractivity contribution in [3.05, 3.63) is 42.2 Å². The molecule has 1 amide bonds. The predicted octanol–water partition coefficient (Wildman–Crippen LogP) is 3.12. The number of primary amides is 1. The predicted molar refractivity (Wildman–Crippen MR) is 97.2 cm³/mol. The summed E-state index contributed by atoms with van der Waals surface area (Å²) in [6.45, 7) is 2.69. The number of benzene rings is 1. The topological polar surface area (TPSA) is 72.1 Å². The van der Waals surface area contributed by atoms with Gasteiger partial charge in [-0.25, -0.2) is 9.97 Å². The molecule has 0 unspecified atom stereocenters. The van der Waals surface area contributed by atoms with E-state index in [9.17, 15) is 4.79 Å². The van der Waals surface area contributed by atoms with Gasteiger partial charge in [0.25, 0.3) is 0 Å². The highest BCUT2D eigenvalue weighted by Crippen LogP contribution is 2.38. The average molecular weight is 338 g/mol. The number of nitrogens with two attached hydrogens (primary N) is 1. The van der Waals surface area contributed by atoms with Crippen molar-refractivity contribution in [2.45, 2.75) is 25.8 Å². The molecule has 1 aliphatic heterocycles. The summed E-state index contributed by atoms with van der Waals surface area (Å²) in [4.78, 5) is 25.1. The Balaban J connectivity index is 1.86. The van der Waals surface area contributed by atoms with Crippen molar-refractivity contribution in [1.29, 1.82) is 0 Å². The number of rotatable bonds is 3. The van der Waals surface area contributed by atoms with Gasteiger partial charge in [0.05, 0.1) is 5.39 Å². The van der Waals surface area contributed by atoms with Crippen LogP contribution in [0.5, 0.6) is 0 Å². The Labute approximate surface area is 144 Å². The fraction of sp³-hybridized carbons (Fsp3) is 0.278. The Hall–Kier alpha value is -2.47. The molecule has 1 aromatic carbocycles. The maximum atomic E-state index is 11.8. The molecular weight excluding hydrogens is 320 g/mol. The third-order valence-electron chi connectivity index (χ3n) is 4.40. The number of nitrogens with zero attached hydrogens (tertiary/aromatic N) is 3. The molecule has 2 N–H and O–H groups in total. The van der Waals surface area contributed by atoms with Gasteiger partial charge in [0.15, 0.2) is 0 Å². The SMILES string of the molecule is Cc1nc(N2CCC[C@@H]2C(N)=O)c2cc(-c3ccccc3)sc2n1. The number of amides is 1. The molecular formula is C18H18N4OS. The van der Waals surface area contributed by atoms with Crippen LogP contribution in [-0.2, 0) is 4.79 Å². The maximum absolute atomic E-state index is 11.8. The zero-order valence-electron chi connectivity index (χ0n) is 13.4. The summed E-state index contributed by atoms with van der Waals surface area (Å²) < 4.78 is 0. The number of hydrogen-bond acceptors (Lipinski definition) is 5. The molecule has 4 rings (SSSR count). The highest BCUT2D eigenvalue weighted by molar-refractivity contribution is 7.21. The number of carbonyl (C=O) groups is 1. The Bertz CT molecular complexity index is 906. The molecule has 0 aliphatic carbocycles. The molecule has 1 atom stereocenters. The molecule has 3 heterocycles. The summed E-state index contributed by atoms with van der Waals surface area (Å²) in [7, 11) is 0. The van der Waals surface area contributed by atoms with E-state index in [1.165, 1.54) is 0 Å². The van der Waals surface area contributed by atoms with E-state index in [1.807, 2.05) is 30.0 Å². The van der Waals surface area contributed by atoms with Crippen LogP contribution in [0.25, 0.3) is 20.7 Å². The van der Waals surface area contributed by atoms with Gasteiger partial charge in [-0.2, -0.15) is 0 Å². The van der Waals surface area contributed by atoms with E-state index in [0.29, 0.717) is 5.82 Å². The van der Waals surface area contributed by atoms with Gasteiger partial charge in [-0.15, -0.1) is 11.3 Å². The van der Waals surface area contributed by atoms with E-state index in [2.05, 4.69) is 28.2 Å². The minimum Gasteiger partial charge on any atom is -0.368 e. The van der Waals surface area contributed by atoms with Crippen LogP contribution in [0, 0.1) is 6.92 Å². The van der Waals surface area contributed by atoms with Crippen LogP contribution in [-0.4, -0.2) is 28.5 Å². The molecule has 6 heteroatoms. The van der Waals surface area contributed by atoms with E-state index in [4.69, 9.17) is 5.73 Å². The number of carbonyl (C=O) groups excluding carboxylic acids is 1. The first-order valence-electron chi connectivity index (χ1n) is 8.03. The molecule has 122 valence electrons. The molecule has 0 saturated carbocycles. The summed E-state index contributed by atoms with van der Waals surface area (Å²) in [5.41, 5.74) is 6.75. The van der Waals surface area contributed by atoms with Crippen molar-refractivity contribution < 1.29 is 4.79 Å². The monoisotopic (exact) mass is 338 g/mol. The smallest absolute Gasteiger partial charge is 0.240 e. The van der Waals surface area contributed by atoms with Crippen molar-refractivity contribution in [2.24, 2.45) is 5.73 Å². The molecule has 1 aliphatic rings. The number of anilines is 1. The Morgan fingerprint density at radius 1 is 1.29 bits per heavy atom. The second-order valence-corrected chi connectivity index (χ2v) is 7.07. The van der Waals surface area contributed by atoms with Gasteiger partial charge in [-0.05, 0) is 31.4 Å². The quantitative estimate of drug-likeness (QED) is 0.796. The minimum absolute atomic E-state index is 0.275. The molecule has 1 fully saturated rings. The van der Waals surface area contributed by atoms with Crippen LogP contribution < -0.4 is 10.6 Å². The lowest BCUT2D eigenvalue weighted by atomic mass is 10.1. The third kappa shape index (κ3) is 2.53. The average Bonchev–Trinajstić information content (AvgIpc) is 3.21. The van der Waals surface area contributed by atoms with Crippen LogP contribution in [0.3, 0.4) is 0 Å². The second-order valence-electron chi connectivity index (χ2n) is 6.04. The Morgan fingerprint density at radius 2 is 2.08 bits per heavy atom. The lowest BCUT2D eigenvalue weighted by Gasteiger charge is -2.24. The zero-order chi connectivity index (χ0) is 16.7. The molecule has 0 spiro atoms. The standard InChI is InChI=1S/C18H18N4OS/c1-11-20-17(22-9-5-8-14(22)16(19)23)13-10-15(24-18(13)21-11)12-6-3-2-4-7-12/h2-4,6-7,10,14H,5,8-9H2,1H3,(H2,19,23)/t14-/m1/s1. The first-order chi connectivity index (χ1) is 11.6. The van der Waals surface area contributed by atoms with Gasteiger partial charge in [0.2, 0.25) is 5.91 Å². The minimum atomic E-state index is -0.282. The van der Waals surface area contributed by atoms with Crippen molar-refractivity contribution in [1.82, 2.24) is 9.97 Å². The molecule has 3 aromatic rings. The number of aromatic nitrogens is 2.